The van der Waals surface area contributed by atoms with Gasteiger partial charge in [0.1, 0.15) is 9.84 Å². The van der Waals surface area contributed by atoms with Crippen LogP contribution in [0.5, 0.6) is 0 Å². The SMILES string of the molecule is CN=C(NCCOCCS(C)(=O)=O)NCC(C)c1cccs1. The monoisotopic (exact) mass is 347 g/mol. The van der Waals surface area contributed by atoms with E-state index in [9.17, 15) is 8.42 Å². The number of hydrogen-bond donors (Lipinski definition) is 2. The molecule has 1 rings (SSSR count). The minimum atomic E-state index is -2.95. The van der Waals surface area contributed by atoms with Gasteiger partial charge in [0.25, 0.3) is 0 Å². The normalized spacial score (nSPS) is 13.9. The van der Waals surface area contributed by atoms with Gasteiger partial charge >= 0.3 is 0 Å². The van der Waals surface area contributed by atoms with Crippen molar-refractivity contribution in [3.05, 3.63) is 22.4 Å². The standard InChI is InChI=1S/C14H25N3O3S2/c1-12(13-5-4-9-21-13)11-17-14(15-2)16-6-7-20-8-10-22(3,18)19/h4-5,9,12H,6-8,10-11H2,1-3H3,(H2,15,16,17). The molecule has 0 fully saturated rings. The third-order valence-corrected chi connectivity index (χ3v) is 4.98. The van der Waals surface area contributed by atoms with E-state index in [4.69, 9.17) is 4.74 Å². The first kappa shape index (κ1) is 18.9. The van der Waals surface area contributed by atoms with Gasteiger partial charge in [-0.3, -0.25) is 4.99 Å². The molecule has 126 valence electrons. The van der Waals surface area contributed by atoms with Crippen LogP contribution in [0.1, 0.15) is 17.7 Å². The zero-order chi connectivity index (χ0) is 16.4. The maximum Gasteiger partial charge on any atom is 0.191 e. The zero-order valence-electron chi connectivity index (χ0n) is 13.3. The molecule has 0 aliphatic rings. The van der Waals surface area contributed by atoms with Gasteiger partial charge < -0.3 is 15.4 Å². The first-order valence-corrected chi connectivity index (χ1v) is 10.1. The van der Waals surface area contributed by atoms with Gasteiger partial charge in [-0.25, -0.2) is 8.42 Å². The van der Waals surface area contributed by atoms with Gasteiger partial charge in [0.2, 0.25) is 0 Å². The summed E-state index contributed by atoms with van der Waals surface area (Å²) >= 11 is 1.75. The molecule has 0 radical (unpaired) electrons. The second-order valence-electron chi connectivity index (χ2n) is 5.04. The summed E-state index contributed by atoms with van der Waals surface area (Å²) in [6.45, 7) is 4.21. The molecule has 1 aromatic rings. The van der Waals surface area contributed by atoms with Gasteiger partial charge in [0.15, 0.2) is 5.96 Å². The van der Waals surface area contributed by atoms with E-state index in [0.717, 1.165) is 12.5 Å². The molecule has 0 aliphatic heterocycles. The molecule has 8 heteroatoms. The Morgan fingerprint density at radius 2 is 2.18 bits per heavy atom. The minimum Gasteiger partial charge on any atom is -0.379 e. The summed E-state index contributed by atoms with van der Waals surface area (Å²) < 4.78 is 27.1. The highest BCUT2D eigenvalue weighted by molar-refractivity contribution is 7.90. The first-order chi connectivity index (χ1) is 10.4. The fourth-order valence-electron chi connectivity index (χ4n) is 1.70. The number of rotatable bonds is 9. The highest BCUT2D eigenvalue weighted by atomic mass is 32.2. The van der Waals surface area contributed by atoms with Crippen LogP contribution in [0.3, 0.4) is 0 Å². The fraction of sp³-hybridized carbons (Fsp3) is 0.643. The van der Waals surface area contributed by atoms with Crippen molar-refractivity contribution in [3.63, 3.8) is 0 Å². The van der Waals surface area contributed by atoms with E-state index in [1.54, 1.807) is 18.4 Å². The van der Waals surface area contributed by atoms with Gasteiger partial charge in [0, 0.05) is 37.2 Å². The predicted molar refractivity (Wildman–Crippen MR) is 92.6 cm³/mol. The number of sulfone groups is 1. The molecule has 0 aromatic carbocycles. The predicted octanol–water partition coefficient (Wildman–Crippen LogP) is 1.08. The molecule has 0 saturated carbocycles. The van der Waals surface area contributed by atoms with Crippen LogP contribution in [0.2, 0.25) is 0 Å². The lowest BCUT2D eigenvalue weighted by atomic mass is 10.1. The van der Waals surface area contributed by atoms with Crippen LogP contribution in [0.25, 0.3) is 0 Å². The third kappa shape index (κ3) is 8.35. The molecule has 22 heavy (non-hydrogen) atoms. The number of ether oxygens (including phenoxy) is 1. The van der Waals surface area contributed by atoms with E-state index in [2.05, 4.69) is 40.1 Å². The lowest BCUT2D eigenvalue weighted by molar-refractivity contribution is 0.154. The largest absolute Gasteiger partial charge is 0.379 e. The van der Waals surface area contributed by atoms with Crippen LogP contribution in [-0.2, 0) is 14.6 Å². The molecule has 1 aromatic heterocycles. The molecule has 6 nitrogen and oxygen atoms in total. The average molecular weight is 348 g/mol. The zero-order valence-corrected chi connectivity index (χ0v) is 15.0. The Balaban J connectivity index is 2.15. The van der Waals surface area contributed by atoms with Crippen molar-refractivity contribution in [2.75, 3.05) is 45.4 Å². The molecule has 1 unspecified atom stereocenters. The molecular formula is C14H25N3O3S2. The highest BCUT2D eigenvalue weighted by Crippen LogP contribution is 2.19. The lowest BCUT2D eigenvalue weighted by Gasteiger charge is -2.15. The molecule has 0 spiro atoms. The van der Waals surface area contributed by atoms with Gasteiger partial charge in [-0.1, -0.05) is 13.0 Å². The van der Waals surface area contributed by atoms with Crippen molar-refractivity contribution in [1.82, 2.24) is 10.6 Å². The Labute approximate surface area is 136 Å². The fourth-order valence-corrected chi connectivity index (χ4v) is 2.90. The Kier molecular flexibility index (Phi) is 8.44. The topological polar surface area (TPSA) is 79.8 Å². The Morgan fingerprint density at radius 1 is 1.41 bits per heavy atom. The number of nitrogens with one attached hydrogen (secondary N) is 2. The van der Waals surface area contributed by atoms with Crippen molar-refractivity contribution >= 4 is 27.1 Å². The smallest absolute Gasteiger partial charge is 0.191 e. The minimum absolute atomic E-state index is 0.0539. The third-order valence-electron chi connectivity index (χ3n) is 2.97. The maximum atomic E-state index is 10.9. The van der Waals surface area contributed by atoms with E-state index >= 15 is 0 Å². The van der Waals surface area contributed by atoms with E-state index < -0.39 is 9.84 Å². The molecule has 2 N–H and O–H groups in total. The average Bonchev–Trinajstić information content (AvgIpc) is 2.98. The highest BCUT2D eigenvalue weighted by Gasteiger charge is 2.07. The molecule has 1 heterocycles. The number of aliphatic imine (C=N–C) groups is 1. The summed E-state index contributed by atoms with van der Waals surface area (Å²) in [5.41, 5.74) is 0. The molecule has 0 amide bonds. The van der Waals surface area contributed by atoms with Crippen molar-refractivity contribution in [2.24, 2.45) is 4.99 Å². The Bertz CT molecular complexity index is 542. The maximum absolute atomic E-state index is 10.9. The summed E-state index contributed by atoms with van der Waals surface area (Å²) in [6, 6.07) is 4.18. The molecule has 0 aliphatic carbocycles. The van der Waals surface area contributed by atoms with Crippen LogP contribution in [0, 0.1) is 0 Å². The van der Waals surface area contributed by atoms with E-state index in [1.807, 2.05) is 0 Å². The molecular weight excluding hydrogens is 322 g/mol. The van der Waals surface area contributed by atoms with Crippen molar-refractivity contribution in [2.45, 2.75) is 12.8 Å². The quantitative estimate of drug-likeness (QED) is 0.397. The van der Waals surface area contributed by atoms with E-state index in [1.165, 1.54) is 11.1 Å². The van der Waals surface area contributed by atoms with E-state index in [-0.39, 0.29) is 12.4 Å². The van der Waals surface area contributed by atoms with Gasteiger partial charge in [0.05, 0.1) is 19.0 Å². The Hall–Kier alpha value is -1.12. The summed E-state index contributed by atoms with van der Waals surface area (Å²) in [7, 11) is -1.23. The van der Waals surface area contributed by atoms with Crippen molar-refractivity contribution in [3.8, 4) is 0 Å². The number of hydrogen-bond acceptors (Lipinski definition) is 5. The summed E-state index contributed by atoms with van der Waals surface area (Å²) in [5, 5.41) is 8.48. The molecule has 0 bridgehead atoms. The van der Waals surface area contributed by atoms with Gasteiger partial charge in [-0.15, -0.1) is 11.3 Å². The van der Waals surface area contributed by atoms with Crippen LogP contribution >= 0.6 is 11.3 Å². The number of nitrogens with zero attached hydrogens (tertiary/aromatic N) is 1. The van der Waals surface area contributed by atoms with E-state index in [0.29, 0.717) is 19.1 Å². The summed E-state index contributed by atoms with van der Waals surface area (Å²) in [6.07, 6.45) is 1.20. The summed E-state index contributed by atoms with van der Waals surface area (Å²) in [5.74, 6) is 1.19. The van der Waals surface area contributed by atoms with Crippen LogP contribution in [-0.4, -0.2) is 59.7 Å². The second kappa shape index (κ2) is 9.81. The first-order valence-electron chi connectivity index (χ1n) is 7.15. The van der Waals surface area contributed by atoms with Crippen LogP contribution in [0.15, 0.2) is 22.5 Å². The van der Waals surface area contributed by atoms with Crippen molar-refractivity contribution < 1.29 is 13.2 Å². The molecule has 1 atom stereocenters. The van der Waals surface area contributed by atoms with Gasteiger partial charge in [-0.2, -0.15) is 0 Å². The second-order valence-corrected chi connectivity index (χ2v) is 8.28. The lowest BCUT2D eigenvalue weighted by Crippen LogP contribution is -2.40. The van der Waals surface area contributed by atoms with Crippen LogP contribution in [0.4, 0.5) is 0 Å². The number of thiophene rings is 1. The van der Waals surface area contributed by atoms with Gasteiger partial charge in [-0.05, 0) is 11.4 Å². The van der Waals surface area contributed by atoms with Crippen molar-refractivity contribution in [1.29, 1.82) is 0 Å². The van der Waals surface area contributed by atoms with Crippen LogP contribution < -0.4 is 10.6 Å². The Morgan fingerprint density at radius 3 is 2.77 bits per heavy atom. The number of guanidine groups is 1. The summed E-state index contributed by atoms with van der Waals surface area (Å²) in [4.78, 5) is 5.48. The molecule has 0 saturated heterocycles.